The minimum absolute atomic E-state index is 0.731. The van der Waals surface area contributed by atoms with E-state index >= 15 is 0 Å². The van der Waals surface area contributed by atoms with Gasteiger partial charge in [0, 0.05) is 5.56 Å². The third kappa shape index (κ3) is 2.22. The molecule has 90 valence electrons. The number of aryl methyl sites for hydroxylation is 3. The summed E-state index contributed by atoms with van der Waals surface area (Å²) >= 11 is 6.37. The minimum atomic E-state index is 0.731. The minimum Gasteiger partial charge on any atom is -0.222 e. The van der Waals surface area contributed by atoms with Crippen LogP contribution in [0.5, 0.6) is 0 Å². The van der Waals surface area contributed by atoms with E-state index in [1.807, 2.05) is 11.6 Å². The van der Waals surface area contributed by atoms with Gasteiger partial charge in [-0.1, -0.05) is 24.6 Å². The van der Waals surface area contributed by atoms with Crippen LogP contribution < -0.4 is 0 Å². The molecule has 0 N–H and O–H groups in total. The van der Waals surface area contributed by atoms with Crippen molar-refractivity contribution in [3.8, 4) is 5.69 Å². The standard InChI is InChI=1S/C14H17ClN2/c1-5-13-11(4)16-17(14(13)15)12-7-9(2)6-10(3)8-12/h6-8H,5H2,1-4H3. The largest absolute Gasteiger partial charge is 0.222 e. The van der Waals surface area contributed by atoms with Crippen molar-refractivity contribution in [2.45, 2.75) is 34.1 Å². The van der Waals surface area contributed by atoms with E-state index in [9.17, 15) is 0 Å². The van der Waals surface area contributed by atoms with Gasteiger partial charge in [0.05, 0.1) is 11.4 Å². The Labute approximate surface area is 107 Å². The van der Waals surface area contributed by atoms with Gasteiger partial charge in [0.25, 0.3) is 0 Å². The van der Waals surface area contributed by atoms with Crippen molar-refractivity contribution in [3.05, 3.63) is 45.7 Å². The Kier molecular flexibility index (Phi) is 3.25. The lowest BCUT2D eigenvalue weighted by Crippen LogP contribution is -1.98. The van der Waals surface area contributed by atoms with Gasteiger partial charge in [0.15, 0.2) is 0 Å². The molecule has 2 rings (SSSR count). The second kappa shape index (κ2) is 4.53. The molecule has 0 saturated heterocycles. The molecule has 0 atom stereocenters. The van der Waals surface area contributed by atoms with Crippen LogP contribution in [0.4, 0.5) is 0 Å². The van der Waals surface area contributed by atoms with E-state index in [0.29, 0.717) is 0 Å². The average Bonchev–Trinajstić information content (AvgIpc) is 2.52. The first-order valence-corrected chi connectivity index (χ1v) is 6.23. The lowest BCUT2D eigenvalue weighted by Gasteiger charge is -2.06. The van der Waals surface area contributed by atoms with Gasteiger partial charge in [-0.05, 0) is 50.5 Å². The molecule has 1 aromatic carbocycles. The van der Waals surface area contributed by atoms with Crippen LogP contribution in [0, 0.1) is 20.8 Å². The third-order valence-electron chi connectivity index (χ3n) is 2.93. The van der Waals surface area contributed by atoms with Crippen LogP contribution in [-0.2, 0) is 6.42 Å². The monoisotopic (exact) mass is 248 g/mol. The molecular formula is C14H17ClN2. The number of aromatic nitrogens is 2. The van der Waals surface area contributed by atoms with Gasteiger partial charge >= 0.3 is 0 Å². The second-order valence-corrected chi connectivity index (χ2v) is 4.82. The summed E-state index contributed by atoms with van der Waals surface area (Å²) in [7, 11) is 0. The van der Waals surface area contributed by atoms with Crippen molar-refractivity contribution in [1.29, 1.82) is 0 Å². The average molecular weight is 249 g/mol. The molecule has 0 unspecified atom stereocenters. The van der Waals surface area contributed by atoms with Crippen LogP contribution in [0.2, 0.25) is 5.15 Å². The molecule has 0 fully saturated rings. The smallest absolute Gasteiger partial charge is 0.136 e. The Morgan fingerprint density at radius 2 is 1.71 bits per heavy atom. The van der Waals surface area contributed by atoms with E-state index in [1.54, 1.807) is 0 Å². The first-order chi connectivity index (χ1) is 8.02. The van der Waals surface area contributed by atoms with Crippen molar-refractivity contribution in [1.82, 2.24) is 9.78 Å². The van der Waals surface area contributed by atoms with Gasteiger partial charge in [-0.15, -0.1) is 0 Å². The van der Waals surface area contributed by atoms with Gasteiger partial charge in [0.2, 0.25) is 0 Å². The van der Waals surface area contributed by atoms with Crippen LogP contribution in [0.3, 0.4) is 0 Å². The maximum absolute atomic E-state index is 6.37. The molecule has 0 bridgehead atoms. The predicted octanol–water partition coefficient (Wildman–Crippen LogP) is 4.01. The van der Waals surface area contributed by atoms with Crippen molar-refractivity contribution < 1.29 is 0 Å². The summed E-state index contributed by atoms with van der Waals surface area (Å²) in [5, 5.41) is 5.25. The molecule has 17 heavy (non-hydrogen) atoms. The molecule has 2 aromatic rings. The van der Waals surface area contributed by atoms with E-state index < -0.39 is 0 Å². The summed E-state index contributed by atoms with van der Waals surface area (Å²) < 4.78 is 1.83. The Hall–Kier alpha value is -1.28. The van der Waals surface area contributed by atoms with Crippen molar-refractivity contribution in [2.75, 3.05) is 0 Å². The maximum Gasteiger partial charge on any atom is 0.136 e. The number of halogens is 1. The second-order valence-electron chi connectivity index (χ2n) is 4.47. The highest BCUT2D eigenvalue weighted by molar-refractivity contribution is 6.30. The van der Waals surface area contributed by atoms with E-state index in [-0.39, 0.29) is 0 Å². The Balaban J connectivity index is 2.60. The third-order valence-corrected chi connectivity index (χ3v) is 3.31. The van der Waals surface area contributed by atoms with Gasteiger partial charge < -0.3 is 0 Å². The fourth-order valence-electron chi connectivity index (χ4n) is 2.18. The number of hydrogen-bond donors (Lipinski definition) is 0. The van der Waals surface area contributed by atoms with Crippen molar-refractivity contribution >= 4 is 11.6 Å². The zero-order valence-electron chi connectivity index (χ0n) is 10.7. The highest BCUT2D eigenvalue weighted by Gasteiger charge is 2.13. The lowest BCUT2D eigenvalue weighted by molar-refractivity contribution is 0.861. The molecule has 0 aliphatic heterocycles. The number of nitrogens with zero attached hydrogens (tertiary/aromatic N) is 2. The summed E-state index contributed by atoms with van der Waals surface area (Å²) in [4.78, 5) is 0. The summed E-state index contributed by atoms with van der Waals surface area (Å²) in [6.45, 7) is 8.27. The number of rotatable bonds is 2. The van der Waals surface area contributed by atoms with E-state index in [2.05, 4.69) is 44.1 Å². The zero-order valence-corrected chi connectivity index (χ0v) is 11.5. The van der Waals surface area contributed by atoms with Crippen molar-refractivity contribution in [3.63, 3.8) is 0 Å². The zero-order chi connectivity index (χ0) is 12.6. The van der Waals surface area contributed by atoms with Crippen LogP contribution in [0.15, 0.2) is 18.2 Å². The first-order valence-electron chi connectivity index (χ1n) is 5.85. The van der Waals surface area contributed by atoms with Crippen LogP contribution >= 0.6 is 11.6 Å². The molecule has 0 aliphatic rings. The maximum atomic E-state index is 6.37. The van der Waals surface area contributed by atoms with Crippen LogP contribution in [-0.4, -0.2) is 9.78 Å². The summed E-state index contributed by atoms with van der Waals surface area (Å²) in [6.07, 6.45) is 0.912. The fourth-order valence-corrected chi connectivity index (χ4v) is 2.58. The topological polar surface area (TPSA) is 17.8 Å². The highest BCUT2D eigenvalue weighted by atomic mass is 35.5. The van der Waals surface area contributed by atoms with E-state index in [0.717, 1.165) is 28.5 Å². The number of hydrogen-bond acceptors (Lipinski definition) is 1. The predicted molar refractivity (Wildman–Crippen MR) is 72.2 cm³/mol. The van der Waals surface area contributed by atoms with Gasteiger partial charge in [-0.25, -0.2) is 4.68 Å². The van der Waals surface area contributed by atoms with E-state index in [1.165, 1.54) is 11.1 Å². The molecule has 0 aliphatic carbocycles. The highest BCUT2D eigenvalue weighted by Crippen LogP contribution is 2.24. The van der Waals surface area contributed by atoms with Gasteiger partial charge in [0.1, 0.15) is 5.15 Å². The summed E-state index contributed by atoms with van der Waals surface area (Å²) in [5.74, 6) is 0. The quantitative estimate of drug-likeness (QED) is 0.785. The van der Waals surface area contributed by atoms with E-state index in [4.69, 9.17) is 11.6 Å². The number of benzene rings is 1. The lowest BCUT2D eigenvalue weighted by atomic mass is 10.1. The normalized spacial score (nSPS) is 10.9. The van der Waals surface area contributed by atoms with Gasteiger partial charge in [-0.3, -0.25) is 0 Å². The summed E-state index contributed by atoms with van der Waals surface area (Å²) in [5.41, 5.74) is 5.63. The van der Waals surface area contributed by atoms with Gasteiger partial charge in [-0.2, -0.15) is 5.10 Å². The molecule has 1 aromatic heterocycles. The Bertz CT molecular complexity index is 535. The fraction of sp³-hybridized carbons (Fsp3) is 0.357. The molecule has 3 heteroatoms. The Morgan fingerprint density at radius 1 is 1.12 bits per heavy atom. The molecular weight excluding hydrogens is 232 g/mol. The van der Waals surface area contributed by atoms with Crippen LogP contribution in [0.25, 0.3) is 5.69 Å². The molecule has 0 radical (unpaired) electrons. The van der Waals surface area contributed by atoms with Crippen LogP contribution in [0.1, 0.15) is 29.3 Å². The first kappa shape index (κ1) is 12.2. The molecule has 0 amide bonds. The molecule has 0 saturated carbocycles. The van der Waals surface area contributed by atoms with Crippen molar-refractivity contribution in [2.24, 2.45) is 0 Å². The summed E-state index contributed by atoms with van der Waals surface area (Å²) in [6, 6.07) is 6.35. The molecule has 2 nitrogen and oxygen atoms in total. The SMILES string of the molecule is CCc1c(C)nn(-c2cc(C)cc(C)c2)c1Cl. The Morgan fingerprint density at radius 3 is 2.18 bits per heavy atom. The molecule has 0 spiro atoms. The molecule has 1 heterocycles.